The molecule has 6 nitrogen and oxygen atoms in total. The van der Waals surface area contributed by atoms with Crippen molar-refractivity contribution < 1.29 is 14.3 Å². The van der Waals surface area contributed by atoms with Gasteiger partial charge in [-0.05, 0) is 92.6 Å². The van der Waals surface area contributed by atoms with Gasteiger partial charge in [0.2, 0.25) is 0 Å². The highest BCUT2D eigenvalue weighted by Gasteiger charge is 2.25. The molecule has 2 atom stereocenters. The number of nitrogens with zero attached hydrogens (tertiary/aromatic N) is 1. The molecule has 0 spiro atoms. The van der Waals surface area contributed by atoms with Crippen molar-refractivity contribution in [3.63, 3.8) is 0 Å². The second-order valence-corrected chi connectivity index (χ2v) is 11.2. The lowest BCUT2D eigenvalue weighted by atomic mass is 10.0. The van der Waals surface area contributed by atoms with E-state index in [-0.39, 0.29) is 5.91 Å². The maximum absolute atomic E-state index is 13.3. The van der Waals surface area contributed by atoms with Gasteiger partial charge in [-0.25, -0.2) is 4.79 Å². The van der Waals surface area contributed by atoms with Gasteiger partial charge in [0.25, 0.3) is 5.91 Å². The number of nitrogens with one attached hydrogen (secondary N) is 1. The van der Waals surface area contributed by atoms with Crippen LogP contribution in [0.25, 0.3) is 0 Å². The monoisotopic (exact) mass is 563 g/mol. The first-order chi connectivity index (χ1) is 18.0. The molecule has 38 heavy (non-hydrogen) atoms. The van der Waals surface area contributed by atoms with Crippen molar-refractivity contribution in [1.29, 1.82) is 0 Å². The van der Waals surface area contributed by atoms with Crippen LogP contribution in [0, 0.1) is 12.8 Å². The molecule has 0 heterocycles. The Bertz CT molecular complexity index is 1030. The molecule has 8 heteroatoms. The van der Waals surface area contributed by atoms with Crippen molar-refractivity contribution in [1.82, 2.24) is 10.2 Å². The van der Waals surface area contributed by atoms with E-state index in [1.807, 2.05) is 43.9 Å². The van der Waals surface area contributed by atoms with Crippen LogP contribution in [0.15, 0.2) is 36.4 Å². The minimum atomic E-state index is -0.594. The summed E-state index contributed by atoms with van der Waals surface area (Å²) in [5.74, 6) is -0.0302. The van der Waals surface area contributed by atoms with Crippen LogP contribution in [0.2, 0.25) is 10.0 Å². The average molecular weight is 565 g/mol. The first-order valence-corrected chi connectivity index (χ1v) is 14.3. The number of hydrogen-bond acceptors (Lipinski definition) is 5. The molecule has 0 unspecified atom stereocenters. The lowest BCUT2D eigenvalue weighted by molar-refractivity contribution is 0.0238. The lowest BCUT2D eigenvalue weighted by Crippen LogP contribution is -2.46. The van der Waals surface area contributed by atoms with Crippen LogP contribution in [0.4, 0.5) is 0 Å². The van der Waals surface area contributed by atoms with Crippen molar-refractivity contribution >= 4 is 35.1 Å². The standard InChI is InChI=1S/C30H43Cl2N3O3/c1-6-10-35(11-7-2)29(36)23-12-21(5)13-24(17-23)30(37)38-28(19-34-9-8-20(3)4)27(33)16-22-14-25(31)18-26(32)15-22/h12-15,17-18,20,27-28,34H,6-11,16,19,33H2,1-5H3/t27-,28+/m0/s1. The molecule has 3 N–H and O–H groups in total. The Morgan fingerprint density at radius 3 is 2.16 bits per heavy atom. The Balaban J connectivity index is 2.24. The van der Waals surface area contributed by atoms with Crippen molar-refractivity contribution in [3.8, 4) is 0 Å². The van der Waals surface area contributed by atoms with Crippen LogP contribution in [0.3, 0.4) is 0 Å². The van der Waals surface area contributed by atoms with E-state index in [2.05, 4.69) is 19.2 Å². The third-order valence-corrected chi connectivity index (χ3v) is 6.64. The molecule has 0 aliphatic carbocycles. The van der Waals surface area contributed by atoms with Crippen molar-refractivity contribution in [2.24, 2.45) is 11.7 Å². The summed E-state index contributed by atoms with van der Waals surface area (Å²) in [4.78, 5) is 28.4. The summed E-state index contributed by atoms with van der Waals surface area (Å²) >= 11 is 12.3. The summed E-state index contributed by atoms with van der Waals surface area (Å²) < 4.78 is 5.97. The summed E-state index contributed by atoms with van der Waals surface area (Å²) in [6.45, 7) is 12.8. The molecule has 0 aliphatic heterocycles. The number of nitrogens with two attached hydrogens (primary N) is 1. The van der Waals surface area contributed by atoms with Crippen LogP contribution < -0.4 is 11.1 Å². The smallest absolute Gasteiger partial charge is 0.338 e. The predicted octanol–water partition coefficient (Wildman–Crippen LogP) is 6.30. The maximum atomic E-state index is 13.3. The van der Waals surface area contributed by atoms with Crippen LogP contribution in [0.1, 0.15) is 78.8 Å². The van der Waals surface area contributed by atoms with E-state index >= 15 is 0 Å². The fraction of sp³-hybridized carbons (Fsp3) is 0.533. The molecular formula is C30H43Cl2N3O3. The first-order valence-electron chi connectivity index (χ1n) is 13.6. The van der Waals surface area contributed by atoms with E-state index in [1.54, 1.807) is 18.2 Å². The van der Waals surface area contributed by atoms with Gasteiger partial charge in [-0.15, -0.1) is 0 Å². The normalized spacial score (nSPS) is 12.9. The second kappa shape index (κ2) is 16.1. The highest BCUT2D eigenvalue weighted by molar-refractivity contribution is 6.34. The Morgan fingerprint density at radius 1 is 0.974 bits per heavy atom. The zero-order chi connectivity index (χ0) is 28.2. The molecular weight excluding hydrogens is 521 g/mol. The van der Waals surface area contributed by atoms with Gasteiger partial charge in [-0.2, -0.15) is 0 Å². The Hall–Kier alpha value is -2.12. The van der Waals surface area contributed by atoms with Gasteiger partial charge in [0.1, 0.15) is 6.10 Å². The van der Waals surface area contributed by atoms with Gasteiger partial charge in [-0.1, -0.05) is 50.9 Å². The molecule has 210 valence electrons. The van der Waals surface area contributed by atoms with E-state index in [0.717, 1.165) is 36.9 Å². The number of esters is 1. The van der Waals surface area contributed by atoms with E-state index in [1.165, 1.54) is 0 Å². The fourth-order valence-corrected chi connectivity index (χ4v) is 4.89. The number of halogens is 2. The van der Waals surface area contributed by atoms with E-state index in [4.69, 9.17) is 33.7 Å². The van der Waals surface area contributed by atoms with E-state index < -0.39 is 18.1 Å². The third kappa shape index (κ3) is 10.6. The van der Waals surface area contributed by atoms with Gasteiger partial charge in [-0.3, -0.25) is 4.79 Å². The molecule has 0 aromatic heterocycles. The number of rotatable bonds is 15. The molecule has 2 aromatic carbocycles. The topological polar surface area (TPSA) is 84.7 Å². The number of benzene rings is 2. The Labute approximate surface area is 238 Å². The van der Waals surface area contributed by atoms with Crippen molar-refractivity contribution in [3.05, 3.63) is 68.7 Å². The molecule has 0 aliphatic rings. The first kappa shape index (κ1) is 32.1. The van der Waals surface area contributed by atoms with Gasteiger partial charge in [0, 0.05) is 41.3 Å². The highest BCUT2D eigenvalue weighted by atomic mass is 35.5. The minimum absolute atomic E-state index is 0.0760. The van der Waals surface area contributed by atoms with Gasteiger partial charge >= 0.3 is 5.97 Å². The van der Waals surface area contributed by atoms with Crippen LogP contribution >= 0.6 is 23.2 Å². The lowest BCUT2D eigenvalue weighted by Gasteiger charge is -2.25. The fourth-order valence-electron chi connectivity index (χ4n) is 4.32. The van der Waals surface area contributed by atoms with Gasteiger partial charge < -0.3 is 20.7 Å². The van der Waals surface area contributed by atoms with E-state index in [9.17, 15) is 9.59 Å². The Morgan fingerprint density at radius 2 is 1.58 bits per heavy atom. The molecule has 0 saturated carbocycles. The van der Waals surface area contributed by atoms with E-state index in [0.29, 0.717) is 53.1 Å². The number of carbonyl (C=O) groups excluding carboxylic acids is 2. The zero-order valence-corrected chi connectivity index (χ0v) is 24.9. The number of amides is 1. The molecule has 1 amide bonds. The predicted molar refractivity (Wildman–Crippen MR) is 157 cm³/mol. The number of ether oxygens (including phenoxy) is 1. The van der Waals surface area contributed by atoms with Crippen molar-refractivity contribution in [2.75, 3.05) is 26.2 Å². The number of hydrogen-bond donors (Lipinski definition) is 2. The van der Waals surface area contributed by atoms with Gasteiger partial charge in [0.05, 0.1) is 5.56 Å². The number of carbonyl (C=O) groups is 2. The summed E-state index contributed by atoms with van der Waals surface area (Å²) in [7, 11) is 0. The second-order valence-electron chi connectivity index (χ2n) is 10.4. The quantitative estimate of drug-likeness (QED) is 0.196. The molecule has 2 aromatic rings. The minimum Gasteiger partial charge on any atom is -0.456 e. The summed E-state index contributed by atoms with van der Waals surface area (Å²) in [5.41, 5.74) is 9.09. The van der Waals surface area contributed by atoms with Gasteiger partial charge in [0.15, 0.2) is 0 Å². The largest absolute Gasteiger partial charge is 0.456 e. The molecule has 0 radical (unpaired) electrons. The zero-order valence-electron chi connectivity index (χ0n) is 23.4. The molecule has 0 bridgehead atoms. The van der Waals surface area contributed by atoms with Crippen LogP contribution in [-0.4, -0.2) is 55.1 Å². The van der Waals surface area contributed by atoms with Crippen molar-refractivity contribution in [2.45, 2.75) is 72.4 Å². The average Bonchev–Trinajstić information content (AvgIpc) is 2.83. The third-order valence-electron chi connectivity index (χ3n) is 6.21. The summed E-state index contributed by atoms with van der Waals surface area (Å²) in [5, 5.41) is 4.43. The highest BCUT2D eigenvalue weighted by Crippen LogP contribution is 2.21. The SMILES string of the molecule is CCCN(CCC)C(=O)c1cc(C)cc(C(=O)O[C@H](CNCCC(C)C)[C@@H](N)Cc2cc(Cl)cc(Cl)c2)c1. The molecule has 0 saturated heterocycles. The van der Waals surface area contributed by atoms with Crippen LogP contribution in [0.5, 0.6) is 0 Å². The summed E-state index contributed by atoms with van der Waals surface area (Å²) in [6.07, 6.45) is 2.57. The number of aryl methyl sites for hydroxylation is 1. The summed E-state index contributed by atoms with van der Waals surface area (Å²) in [6, 6.07) is 10.00. The Kier molecular flexibility index (Phi) is 13.6. The van der Waals surface area contributed by atoms with Crippen LogP contribution in [-0.2, 0) is 11.2 Å². The molecule has 2 rings (SSSR count). The molecule has 0 fully saturated rings. The maximum Gasteiger partial charge on any atom is 0.338 e.